The molecular formula is C36H61O5P. The molecule has 3 aliphatic rings. The van der Waals surface area contributed by atoms with Gasteiger partial charge in [0.15, 0.2) is 0 Å². The molecule has 3 aliphatic carbocycles. The monoisotopic (exact) mass is 604 g/mol. The van der Waals surface area contributed by atoms with Crippen LogP contribution in [0, 0.1) is 29.1 Å². The van der Waals surface area contributed by atoms with E-state index in [1.54, 1.807) is 0 Å². The summed E-state index contributed by atoms with van der Waals surface area (Å²) < 4.78 is 38.8. The van der Waals surface area contributed by atoms with Crippen molar-refractivity contribution < 1.29 is 22.9 Å². The Morgan fingerprint density at radius 2 is 1.57 bits per heavy atom. The van der Waals surface area contributed by atoms with Crippen LogP contribution < -0.4 is 4.52 Å². The second-order valence-electron chi connectivity index (χ2n) is 13.8. The average Bonchev–Trinajstić information content (AvgIpc) is 3.33. The molecule has 240 valence electrons. The van der Waals surface area contributed by atoms with E-state index < -0.39 is 7.82 Å². The zero-order valence-corrected chi connectivity index (χ0v) is 28.6. The second-order valence-corrected chi connectivity index (χ2v) is 15.4. The molecule has 1 aromatic rings. The van der Waals surface area contributed by atoms with Crippen molar-refractivity contribution in [2.24, 2.45) is 29.1 Å². The third kappa shape index (κ3) is 8.04. The quantitative estimate of drug-likeness (QED) is 0.156. The number of hydrogen-bond donors (Lipinski definition) is 0. The molecular weight excluding hydrogens is 543 g/mol. The molecule has 4 rings (SSSR count). The van der Waals surface area contributed by atoms with E-state index in [0.717, 1.165) is 76.2 Å². The van der Waals surface area contributed by atoms with Gasteiger partial charge in [-0.1, -0.05) is 79.2 Å². The first-order valence-corrected chi connectivity index (χ1v) is 19.1. The van der Waals surface area contributed by atoms with Crippen molar-refractivity contribution in [2.45, 2.75) is 143 Å². The number of aryl methyl sites for hydroxylation is 1. The van der Waals surface area contributed by atoms with Crippen LogP contribution >= 0.6 is 7.82 Å². The largest absolute Gasteiger partial charge is 0.530 e. The van der Waals surface area contributed by atoms with Gasteiger partial charge in [0.25, 0.3) is 0 Å². The van der Waals surface area contributed by atoms with E-state index in [1.165, 1.54) is 43.2 Å². The van der Waals surface area contributed by atoms with Crippen LogP contribution in [0.25, 0.3) is 0 Å². The molecule has 7 atom stereocenters. The number of unbranched alkanes of at least 4 members (excludes halogenated alkanes) is 2. The molecule has 2 fully saturated rings. The van der Waals surface area contributed by atoms with Gasteiger partial charge >= 0.3 is 7.82 Å². The molecule has 2 saturated carbocycles. The molecule has 0 spiro atoms. The summed E-state index contributed by atoms with van der Waals surface area (Å²) in [5, 5.41) is 0. The van der Waals surface area contributed by atoms with Gasteiger partial charge in [-0.3, -0.25) is 9.05 Å². The first-order chi connectivity index (χ1) is 20.3. The molecule has 0 heterocycles. The summed E-state index contributed by atoms with van der Waals surface area (Å²) in [6, 6.07) is 6.42. The van der Waals surface area contributed by atoms with Crippen LogP contribution in [0.1, 0.15) is 142 Å². The van der Waals surface area contributed by atoms with E-state index in [4.69, 9.17) is 18.3 Å². The molecule has 1 aromatic carbocycles. The van der Waals surface area contributed by atoms with Crippen molar-refractivity contribution in [3.05, 3.63) is 29.3 Å². The van der Waals surface area contributed by atoms with Gasteiger partial charge in [0.2, 0.25) is 0 Å². The molecule has 0 saturated heterocycles. The highest BCUT2D eigenvalue weighted by Crippen LogP contribution is 2.62. The van der Waals surface area contributed by atoms with E-state index in [-0.39, 0.29) is 0 Å². The zero-order valence-electron chi connectivity index (χ0n) is 27.7. The summed E-state index contributed by atoms with van der Waals surface area (Å²) in [5.74, 6) is 3.43. The molecule has 5 nitrogen and oxygen atoms in total. The Morgan fingerprint density at radius 1 is 0.905 bits per heavy atom. The molecule has 0 bridgehead atoms. The van der Waals surface area contributed by atoms with Gasteiger partial charge in [-0.05, 0) is 117 Å². The Morgan fingerprint density at radius 3 is 2.17 bits per heavy atom. The number of ether oxygens (including phenoxy) is 1. The van der Waals surface area contributed by atoms with Crippen LogP contribution in [-0.4, -0.2) is 25.9 Å². The Kier molecular flexibility index (Phi) is 12.9. The predicted molar refractivity (Wildman–Crippen MR) is 173 cm³/mol. The number of phosphoric acid groups is 1. The standard InChI is InChI=1S/C36H61O5P/c1-7-12-14-27(9-3)25-39-42(37,40-26-28(10-4)15-13-8-2)41-30-17-19-31-29(24-30)16-18-33-32(31)22-23-36(6)34(33)20-21-35(36)38-11-5/h17,19,24,27-28,32-35H,7-16,18,20-23,25-26H2,1-6H3. The van der Waals surface area contributed by atoms with Crippen LogP contribution in [0.15, 0.2) is 18.2 Å². The van der Waals surface area contributed by atoms with Crippen LogP contribution in [0.4, 0.5) is 0 Å². The summed E-state index contributed by atoms with van der Waals surface area (Å²) in [6.07, 6.45) is 16.4. The summed E-state index contributed by atoms with van der Waals surface area (Å²) in [6.45, 7) is 15.1. The van der Waals surface area contributed by atoms with E-state index in [2.05, 4.69) is 53.7 Å². The van der Waals surface area contributed by atoms with Gasteiger partial charge in [-0.25, -0.2) is 4.57 Å². The van der Waals surface area contributed by atoms with Gasteiger partial charge in [0.1, 0.15) is 5.75 Å². The number of fused-ring (bicyclic) bond motifs is 5. The van der Waals surface area contributed by atoms with Crippen molar-refractivity contribution in [2.75, 3.05) is 19.8 Å². The maximum absolute atomic E-state index is 14.1. The van der Waals surface area contributed by atoms with Crippen molar-refractivity contribution in [3.63, 3.8) is 0 Å². The minimum Gasteiger partial charge on any atom is -0.404 e. The maximum atomic E-state index is 14.1. The Labute approximate surface area is 257 Å². The molecule has 6 heteroatoms. The Balaban J connectivity index is 1.48. The van der Waals surface area contributed by atoms with Gasteiger partial charge < -0.3 is 9.26 Å². The summed E-state index contributed by atoms with van der Waals surface area (Å²) >= 11 is 0. The zero-order chi connectivity index (χ0) is 30.2. The normalized spacial score (nSPS) is 29.7. The van der Waals surface area contributed by atoms with Crippen LogP contribution in [-0.2, 0) is 24.8 Å². The van der Waals surface area contributed by atoms with Crippen molar-refractivity contribution in [3.8, 4) is 5.75 Å². The fourth-order valence-electron chi connectivity index (χ4n) is 8.45. The number of benzene rings is 1. The molecule has 7 unspecified atom stereocenters. The van der Waals surface area contributed by atoms with E-state index >= 15 is 0 Å². The predicted octanol–water partition coefficient (Wildman–Crippen LogP) is 10.9. The molecule has 42 heavy (non-hydrogen) atoms. The van der Waals surface area contributed by atoms with Gasteiger partial charge in [0.05, 0.1) is 19.3 Å². The van der Waals surface area contributed by atoms with Crippen LogP contribution in [0.5, 0.6) is 5.75 Å². The van der Waals surface area contributed by atoms with E-state index in [9.17, 15) is 4.57 Å². The summed E-state index contributed by atoms with van der Waals surface area (Å²) in [7, 11) is -3.76. The fraction of sp³-hybridized carbons (Fsp3) is 0.833. The first kappa shape index (κ1) is 34.0. The maximum Gasteiger partial charge on any atom is 0.530 e. The third-order valence-corrected chi connectivity index (χ3v) is 12.6. The topological polar surface area (TPSA) is 54.0 Å². The second kappa shape index (κ2) is 15.9. The number of hydrogen-bond acceptors (Lipinski definition) is 5. The highest BCUT2D eigenvalue weighted by atomic mass is 31.2. The lowest BCUT2D eigenvalue weighted by Gasteiger charge is -2.50. The van der Waals surface area contributed by atoms with Gasteiger partial charge in [0, 0.05) is 6.61 Å². The highest BCUT2D eigenvalue weighted by Gasteiger charge is 2.55. The van der Waals surface area contributed by atoms with Crippen molar-refractivity contribution >= 4 is 7.82 Å². The Hall–Kier alpha value is -0.870. The van der Waals surface area contributed by atoms with Crippen LogP contribution in [0.2, 0.25) is 0 Å². The molecule has 0 aromatic heterocycles. The van der Waals surface area contributed by atoms with E-state index in [0.29, 0.717) is 48.2 Å². The first-order valence-electron chi connectivity index (χ1n) is 17.6. The highest BCUT2D eigenvalue weighted by molar-refractivity contribution is 7.48. The number of rotatable bonds is 18. The number of phosphoric ester groups is 1. The summed E-state index contributed by atoms with van der Waals surface area (Å²) in [4.78, 5) is 0. The smallest absolute Gasteiger partial charge is 0.404 e. The Bertz CT molecular complexity index is 989. The van der Waals surface area contributed by atoms with Crippen molar-refractivity contribution in [1.82, 2.24) is 0 Å². The minimum absolute atomic E-state index is 0.319. The lowest BCUT2D eigenvalue weighted by atomic mass is 9.55. The van der Waals surface area contributed by atoms with Crippen molar-refractivity contribution in [1.29, 1.82) is 0 Å². The average molecular weight is 605 g/mol. The SMILES string of the molecule is CCCCC(CC)COP(=O)(OCC(CC)CCCC)Oc1ccc2c(c1)CCC1C2CCC2(C)C(OCC)CCC12. The fourth-order valence-corrected chi connectivity index (χ4v) is 9.79. The molecule has 0 N–H and O–H groups in total. The molecule has 0 aliphatic heterocycles. The van der Waals surface area contributed by atoms with E-state index in [1.807, 2.05) is 6.07 Å². The van der Waals surface area contributed by atoms with Gasteiger partial charge in [-0.15, -0.1) is 0 Å². The minimum atomic E-state index is -3.76. The lowest BCUT2D eigenvalue weighted by Crippen LogP contribution is -2.44. The molecule has 0 radical (unpaired) electrons. The third-order valence-electron chi connectivity index (χ3n) is 11.2. The summed E-state index contributed by atoms with van der Waals surface area (Å²) in [5.41, 5.74) is 3.15. The lowest BCUT2D eigenvalue weighted by molar-refractivity contribution is -0.0600. The van der Waals surface area contributed by atoms with Crippen LogP contribution in [0.3, 0.4) is 0 Å². The van der Waals surface area contributed by atoms with Gasteiger partial charge in [-0.2, -0.15) is 0 Å². The molecule has 0 amide bonds.